The van der Waals surface area contributed by atoms with E-state index in [1.807, 2.05) is 0 Å². The van der Waals surface area contributed by atoms with E-state index in [1.54, 1.807) is 0 Å². The molecular formula is C57H98O12S. The molecule has 6 unspecified atom stereocenters. The van der Waals surface area contributed by atoms with Gasteiger partial charge in [0.1, 0.15) is 30.5 Å². The molecule has 70 heavy (non-hydrogen) atoms. The van der Waals surface area contributed by atoms with Crippen molar-refractivity contribution in [2.75, 3.05) is 26.4 Å². The Balaban J connectivity index is 2.35. The third kappa shape index (κ3) is 39.8. The Hall–Kier alpha value is -2.72. The van der Waals surface area contributed by atoms with Gasteiger partial charge in [-0.15, -0.1) is 0 Å². The van der Waals surface area contributed by atoms with Crippen molar-refractivity contribution in [1.82, 2.24) is 0 Å². The van der Waals surface area contributed by atoms with Crippen LogP contribution in [-0.4, -0.2) is 97.5 Å². The van der Waals surface area contributed by atoms with Crippen molar-refractivity contribution in [1.29, 1.82) is 0 Å². The number of ether oxygens (including phenoxy) is 4. The van der Waals surface area contributed by atoms with Gasteiger partial charge in [0, 0.05) is 13.0 Å². The van der Waals surface area contributed by atoms with Gasteiger partial charge in [-0.2, -0.15) is 8.42 Å². The zero-order chi connectivity index (χ0) is 51.0. The first-order chi connectivity index (χ1) is 34.1. The maximum absolute atomic E-state index is 12.9. The molecular weight excluding hydrogens is 909 g/mol. The maximum Gasteiger partial charge on any atom is 0.397 e. The molecule has 0 aromatic carbocycles. The van der Waals surface area contributed by atoms with E-state index in [-0.39, 0.29) is 19.6 Å². The number of aliphatic hydroxyl groups is 3. The second-order valence-electron chi connectivity index (χ2n) is 18.4. The highest BCUT2D eigenvalue weighted by molar-refractivity contribution is 7.80. The quantitative estimate of drug-likeness (QED) is 0.0197. The van der Waals surface area contributed by atoms with Crippen LogP contribution < -0.4 is 0 Å². The number of esters is 1. The Morgan fingerprint density at radius 1 is 0.557 bits per heavy atom. The minimum absolute atomic E-state index is 0.0207. The molecule has 0 bridgehead atoms. The Bertz CT molecular complexity index is 1540. The van der Waals surface area contributed by atoms with Crippen LogP contribution in [0.5, 0.6) is 0 Å². The summed E-state index contributed by atoms with van der Waals surface area (Å²) in [5.74, 6) is -0.413. The fourth-order valence-electron chi connectivity index (χ4n) is 7.91. The Morgan fingerprint density at radius 3 is 1.44 bits per heavy atom. The van der Waals surface area contributed by atoms with Gasteiger partial charge < -0.3 is 34.3 Å². The van der Waals surface area contributed by atoms with Gasteiger partial charge in [0.25, 0.3) is 0 Å². The van der Waals surface area contributed by atoms with Crippen LogP contribution in [0.2, 0.25) is 0 Å². The van der Waals surface area contributed by atoms with Gasteiger partial charge in [0.2, 0.25) is 0 Å². The minimum atomic E-state index is -5.07. The van der Waals surface area contributed by atoms with Gasteiger partial charge in [0.05, 0.1) is 19.8 Å². The highest BCUT2D eigenvalue weighted by Gasteiger charge is 2.48. The van der Waals surface area contributed by atoms with Crippen LogP contribution in [-0.2, 0) is 38.3 Å². The van der Waals surface area contributed by atoms with Crippen molar-refractivity contribution < 1.29 is 56.2 Å². The summed E-state index contributed by atoms with van der Waals surface area (Å²) in [4.78, 5) is 12.9. The average Bonchev–Trinajstić information content (AvgIpc) is 3.34. The molecule has 1 heterocycles. The summed E-state index contributed by atoms with van der Waals surface area (Å²) in [6.07, 6.45) is 54.6. The summed E-state index contributed by atoms with van der Waals surface area (Å²) < 4.78 is 59.3. The number of unbranched alkanes of at least 4 members (excludes halogenated alkanes) is 20. The second kappa shape index (κ2) is 47.3. The maximum atomic E-state index is 12.9. The Morgan fingerprint density at radius 2 is 0.986 bits per heavy atom. The number of carbonyl (C=O) groups is 1. The van der Waals surface area contributed by atoms with E-state index < -0.39 is 59.8 Å². The molecule has 6 atom stereocenters. The summed E-state index contributed by atoms with van der Waals surface area (Å²) in [5.41, 5.74) is 0. The van der Waals surface area contributed by atoms with Crippen molar-refractivity contribution >= 4 is 16.4 Å². The molecule has 1 aliphatic heterocycles. The number of hydrogen-bond acceptors (Lipinski definition) is 11. The number of allylic oxidation sites excluding steroid dienone is 14. The van der Waals surface area contributed by atoms with E-state index in [2.05, 4.69) is 103 Å². The number of carbonyl (C=O) groups excluding carboxylic acids is 1. The minimum Gasteiger partial charge on any atom is -0.457 e. The molecule has 0 aromatic heterocycles. The van der Waals surface area contributed by atoms with Gasteiger partial charge in [0.15, 0.2) is 6.29 Å². The van der Waals surface area contributed by atoms with E-state index in [9.17, 15) is 33.1 Å². The van der Waals surface area contributed by atoms with Crippen molar-refractivity contribution in [2.24, 2.45) is 0 Å². The predicted octanol–water partition coefficient (Wildman–Crippen LogP) is 13.2. The normalized spacial score (nSPS) is 19.8. The van der Waals surface area contributed by atoms with Gasteiger partial charge in [-0.1, -0.05) is 195 Å². The van der Waals surface area contributed by atoms with Crippen LogP contribution in [0, 0.1) is 0 Å². The molecule has 1 rings (SSSR count). The smallest absolute Gasteiger partial charge is 0.397 e. The summed E-state index contributed by atoms with van der Waals surface area (Å²) in [7, 11) is -5.07. The SMILES string of the molecule is CC/C=C\C/C=C\C/C=C\C/C=C\CCCCCCCCCOCC(COC1OC(CO)C(O)C(OS(=O)(=O)O)C1O)OC(=O)CCCCCCCCCC/C=C\C/C=C\C/C=C\CCCCCCC. The lowest BCUT2D eigenvalue weighted by Crippen LogP contribution is -2.60. The van der Waals surface area contributed by atoms with Crippen LogP contribution in [0.25, 0.3) is 0 Å². The third-order valence-corrected chi connectivity index (χ3v) is 12.5. The van der Waals surface area contributed by atoms with Crippen LogP contribution >= 0.6 is 0 Å². The van der Waals surface area contributed by atoms with E-state index in [4.69, 9.17) is 18.9 Å². The summed E-state index contributed by atoms with van der Waals surface area (Å²) in [5, 5.41) is 30.8. The highest BCUT2D eigenvalue weighted by atomic mass is 32.3. The molecule has 0 aliphatic carbocycles. The molecule has 404 valence electrons. The summed E-state index contributed by atoms with van der Waals surface area (Å²) in [6, 6.07) is 0. The first-order valence-electron chi connectivity index (χ1n) is 27.3. The lowest BCUT2D eigenvalue weighted by Gasteiger charge is -2.41. The highest BCUT2D eigenvalue weighted by Crippen LogP contribution is 2.26. The average molecular weight is 1010 g/mol. The van der Waals surface area contributed by atoms with E-state index in [1.165, 1.54) is 83.5 Å². The first-order valence-corrected chi connectivity index (χ1v) is 28.7. The topological polar surface area (TPSA) is 178 Å². The standard InChI is InChI=1S/C57H98O12S/c1-3-5-7-9-11-13-15-17-19-21-23-25-26-27-28-30-32-34-36-38-40-42-44-46-53(59)67-51(50-66-57-55(61)56(69-70(62,63)64)54(60)52(48-58)68-57)49-65-47-45-43-41-39-37-35-33-31-29-24-22-20-18-16-14-12-10-8-6-4-2/h6,8,12,14-15,17-18,20-21,23-24,26-27,29,51-52,54-58,60-61H,3-5,7,9-11,13,16,19,22,25,28,30-50H2,1-2H3,(H,62,63,64)/b8-6-,14-12-,17-15-,20-18-,23-21-,27-26-,29-24-. The number of rotatable bonds is 47. The fourth-order valence-corrected chi connectivity index (χ4v) is 8.41. The van der Waals surface area contributed by atoms with E-state index >= 15 is 0 Å². The van der Waals surface area contributed by atoms with Gasteiger partial charge in [-0.25, -0.2) is 4.18 Å². The Labute approximate surface area is 425 Å². The monoisotopic (exact) mass is 1010 g/mol. The van der Waals surface area contributed by atoms with Crippen molar-refractivity contribution in [3.8, 4) is 0 Å². The van der Waals surface area contributed by atoms with Crippen LogP contribution in [0.4, 0.5) is 0 Å². The predicted molar refractivity (Wildman–Crippen MR) is 285 cm³/mol. The van der Waals surface area contributed by atoms with Gasteiger partial charge >= 0.3 is 16.4 Å². The molecule has 13 heteroatoms. The van der Waals surface area contributed by atoms with Crippen LogP contribution in [0.1, 0.15) is 206 Å². The lowest BCUT2D eigenvalue weighted by atomic mass is 9.99. The van der Waals surface area contributed by atoms with E-state index in [0.717, 1.165) is 96.3 Å². The second-order valence-corrected chi connectivity index (χ2v) is 19.5. The third-order valence-electron chi connectivity index (χ3n) is 12.0. The fraction of sp³-hybridized carbons (Fsp3) is 0.737. The molecule has 0 saturated carbocycles. The largest absolute Gasteiger partial charge is 0.457 e. The van der Waals surface area contributed by atoms with Crippen LogP contribution in [0.3, 0.4) is 0 Å². The number of hydrogen-bond donors (Lipinski definition) is 4. The molecule has 1 fully saturated rings. The van der Waals surface area contributed by atoms with E-state index in [0.29, 0.717) is 13.0 Å². The van der Waals surface area contributed by atoms with Crippen molar-refractivity contribution in [3.63, 3.8) is 0 Å². The van der Waals surface area contributed by atoms with Gasteiger partial charge in [-0.3, -0.25) is 9.35 Å². The Kier molecular flexibility index (Phi) is 44.1. The molecule has 0 amide bonds. The molecule has 0 aromatic rings. The molecule has 1 aliphatic rings. The molecule has 4 N–H and O–H groups in total. The molecule has 0 radical (unpaired) electrons. The molecule has 12 nitrogen and oxygen atoms in total. The van der Waals surface area contributed by atoms with Crippen molar-refractivity contribution in [2.45, 2.75) is 243 Å². The number of aliphatic hydroxyl groups excluding tert-OH is 3. The van der Waals surface area contributed by atoms with Gasteiger partial charge in [-0.05, 0) is 89.9 Å². The first kappa shape index (κ1) is 65.3. The van der Waals surface area contributed by atoms with Crippen LogP contribution in [0.15, 0.2) is 85.1 Å². The van der Waals surface area contributed by atoms with Crippen molar-refractivity contribution in [3.05, 3.63) is 85.1 Å². The molecule has 1 saturated heterocycles. The summed E-state index contributed by atoms with van der Waals surface area (Å²) in [6.45, 7) is 3.84. The lowest BCUT2D eigenvalue weighted by molar-refractivity contribution is -0.301. The zero-order valence-corrected chi connectivity index (χ0v) is 44.4. The zero-order valence-electron chi connectivity index (χ0n) is 43.6. The summed E-state index contributed by atoms with van der Waals surface area (Å²) >= 11 is 0. The molecule has 0 spiro atoms.